The van der Waals surface area contributed by atoms with Gasteiger partial charge in [-0.25, -0.2) is 0 Å². The minimum absolute atomic E-state index is 0.370. The molecule has 4 heteroatoms. The highest BCUT2D eigenvalue weighted by molar-refractivity contribution is 5.81. The zero-order chi connectivity index (χ0) is 12.7. The van der Waals surface area contributed by atoms with E-state index in [1.54, 1.807) is 19.2 Å². The molecule has 1 unspecified atom stereocenters. The lowest BCUT2D eigenvalue weighted by molar-refractivity contribution is -0.129. The second-order valence-electron chi connectivity index (χ2n) is 3.95. The van der Waals surface area contributed by atoms with Crippen molar-refractivity contribution in [1.29, 1.82) is 0 Å². The summed E-state index contributed by atoms with van der Waals surface area (Å²) in [5, 5.41) is 12.5. The molecule has 1 aromatic carbocycles. The summed E-state index contributed by atoms with van der Waals surface area (Å²) in [6.45, 7) is 3.07. The first-order chi connectivity index (χ1) is 8.15. The average molecular weight is 237 g/mol. The van der Waals surface area contributed by atoms with Crippen LogP contribution in [0.2, 0.25) is 0 Å². The van der Waals surface area contributed by atoms with Crippen molar-refractivity contribution in [2.75, 3.05) is 20.3 Å². The van der Waals surface area contributed by atoms with E-state index in [0.29, 0.717) is 18.7 Å². The number of hydrogen-bond donors (Lipinski definition) is 2. The minimum atomic E-state index is -1.10. The smallest absolute Gasteiger partial charge is 0.253 e. The Balaban J connectivity index is 2.43. The lowest BCUT2D eigenvalue weighted by atomic mass is 10.1. The molecule has 0 saturated carbocycles. The summed E-state index contributed by atoms with van der Waals surface area (Å²) in [6, 6.07) is 7.26. The number of amides is 1. The number of aryl methyl sites for hydroxylation is 1. The molecule has 0 bridgehead atoms. The number of aliphatic hydroxyl groups excluding tert-OH is 1. The Morgan fingerprint density at radius 3 is 2.65 bits per heavy atom. The number of rotatable bonds is 6. The van der Waals surface area contributed by atoms with Crippen LogP contribution in [0.5, 0.6) is 0 Å². The second kappa shape index (κ2) is 7.04. The highest BCUT2D eigenvalue weighted by Crippen LogP contribution is 2.13. The molecule has 1 rings (SSSR count). The van der Waals surface area contributed by atoms with Crippen LogP contribution < -0.4 is 5.32 Å². The van der Waals surface area contributed by atoms with Crippen LogP contribution >= 0.6 is 0 Å². The van der Waals surface area contributed by atoms with Crippen molar-refractivity contribution >= 4 is 5.91 Å². The highest BCUT2D eigenvalue weighted by atomic mass is 16.5. The van der Waals surface area contributed by atoms with Crippen LogP contribution in [0.4, 0.5) is 0 Å². The van der Waals surface area contributed by atoms with Gasteiger partial charge in [0.25, 0.3) is 5.91 Å². The van der Waals surface area contributed by atoms with Crippen LogP contribution in [0.3, 0.4) is 0 Å². The fourth-order valence-electron chi connectivity index (χ4n) is 1.42. The van der Waals surface area contributed by atoms with Crippen molar-refractivity contribution in [2.45, 2.75) is 19.4 Å². The molecular weight excluding hydrogens is 218 g/mol. The van der Waals surface area contributed by atoms with Gasteiger partial charge in [0.05, 0.1) is 0 Å². The van der Waals surface area contributed by atoms with E-state index in [2.05, 4.69) is 5.32 Å². The first-order valence-electron chi connectivity index (χ1n) is 5.66. The van der Waals surface area contributed by atoms with Crippen molar-refractivity contribution in [1.82, 2.24) is 5.32 Å². The molecule has 0 spiro atoms. The van der Waals surface area contributed by atoms with E-state index in [1.807, 2.05) is 19.1 Å². The Morgan fingerprint density at radius 1 is 1.41 bits per heavy atom. The lowest BCUT2D eigenvalue weighted by Crippen LogP contribution is -2.30. The standard InChI is InChI=1S/C13H19NO3/c1-10-4-6-11(7-5-10)12(15)13(16)14-8-3-9-17-2/h4-7,12,15H,3,8-9H2,1-2H3,(H,14,16). The van der Waals surface area contributed by atoms with Gasteiger partial charge in [-0.3, -0.25) is 4.79 Å². The van der Waals surface area contributed by atoms with Gasteiger partial charge in [-0.1, -0.05) is 29.8 Å². The summed E-state index contributed by atoms with van der Waals surface area (Å²) in [7, 11) is 1.61. The summed E-state index contributed by atoms with van der Waals surface area (Å²) in [5.41, 5.74) is 1.71. The van der Waals surface area contributed by atoms with Crippen molar-refractivity contribution in [3.8, 4) is 0 Å². The topological polar surface area (TPSA) is 58.6 Å². The molecule has 2 N–H and O–H groups in total. The Labute approximate surface area is 102 Å². The second-order valence-corrected chi connectivity index (χ2v) is 3.95. The lowest BCUT2D eigenvalue weighted by Gasteiger charge is -2.11. The fourth-order valence-corrected chi connectivity index (χ4v) is 1.42. The van der Waals surface area contributed by atoms with E-state index >= 15 is 0 Å². The van der Waals surface area contributed by atoms with E-state index < -0.39 is 6.10 Å². The van der Waals surface area contributed by atoms with Gasteiger partial charge in [0.2, 0.25) is 0 Å². The zero-order valence-electron chi connectivity index (χ0n) is 10.3. The van der Waals surface area contributed by atoms with Crippen LogP contribution in [0.25, 0.3) is 0 Å². The molecule has 0 aliphatic rings. The summed E-state index contributed by atoms with van der Waals surface area (Å²) >= 11 is 0. The predicted molar refractivity (Wildman–Crippen MR) is 65.6 cm³/mol. The van der Waals surface area contributed by atoms with Crippen molar-refractivity contribution in [2.24, 2.45) is 0 Å². The van der Waals surface area contributed by atoms with Crippen LogP contribution in [0.1, 0.15) is 23.7 Å². The SMILES string of the molecule is COCCCNC(=O)C(O)c1ccc(C)cc1. The maximum absolute atomic E-state index is 11.6. The molecule has 0 fully saturated rings. The highest BCUT2D eigenvalue weighted by Gasteiger charge is 2.16. The van der Waals surface area contributed by atoms with Gasteiger partial charge >= 0.3 is 0 Å². The van der Waals surface area contributed by atoms with Crippen molar-refractivity contribution < 1.29 is 14.6 Å². The molecule has 4 nitrogen and oxygen atoms in total. The minimum Gasteiger partial charge on any atom is -0.385 e. The number of aliphatic hydroxyl groups is 1. The normalized spacial score (nSPS) is 12.2. The quantitative estimate of drug-likeness (QED) is 0.730. The van der Waals surface area contributed by atoms with Gasteiger partial charge in [-0.15, -0.1) is 0 Å². The van der Waals surface area contributed by atoms with Crippen LogP contribution in [-0.2, 0) is 9.53 Å². The number of carbonyl (C=O) groups excluding carboxylic acids is 1. The number of carbonyl (C=O) groups is 1. The van der Waals surface area contributed by atoms with Crippen LogP contribution in [0.15, 0.2) is 24.3 Å². The van der Waals surface area contributed by atoms with Gasteiger partial charge in [0.1, 0.15) is 0 Å². The first kappa shape index (κ1) is 13.7. The molecule has 0 aliphatic heterocycles. The summed E-state index contributed by atoms with van der Waals surface area (Å²) < 4.78 is 4.87. The average Bonchev–Trinajstić information content (AvgIpc) is 2.34. The monoisotopic (exact) mass is 237 g/mol. The third kappa shape index (κ3) is 4.54. The van der Waals surface area contributed by atoms with Gasteiger partial charge in [-0.05, 0) is 18.9 Å². The Hall–Kier alpha value is -1.39. The van der Waals surface area contributed by atoms with Crippen molar-refractivity contribution in [3.63, 3.8) is 0 Å². The molecule has 1 atom stereocenters. The van der Waals surface area contributed by atoms with Gasteiger partial charge in [0, 0.05) is 20.3 Å². The Bertz CT molecular complexity index is 348. The molecule has 0 saturated heterocycles. The molecule has 1 amide bonds. The number of hydrogen-bond acceptors (Lipinski definition) is 3. The third-order valence-corrected chi connectivity index (χ3v) is 2.47. The molecule has 0 heterocycles. The molecule has 1 aromatic rings. The molecule has 0 aliphatic carbocycles. The number of methoxy groups -OCH3 is 1. The summed E-state index contributed by atoms with van der Waals surface area (Å²) in [6.07, 6.45) is -0.360. The number of ether oxygens (including phenoxy) is 1. The van der Waals surface area contributed by atoms with Crippen LogP contribution in [0, 0.1) is 6.92 Å². The van der Waals surface area contributed by atoms with E-state index in [-0.39, 0.29) is 5.91 Å². The van der Waals surface area contributed by atoms with E-state index in [4.69, 9.17) is 4.74 Å². The Morgan fingerprint density at radius 2 is 2.06 bits per heavy atom. The first-order valence-corrected chi connectivity index (χ1v) is 5.66. The zero-order valence-corrected chi connectivity index (χ0v) is 10.3. The van der Waals surface area contributed by atoms with E-state index in [9.17, 15) is 9.90 Å². The summed E-state index contributed by atoms with van der Waals surface area (Å²) in [5.74, 6) is -0.370. The maximum atomic E-state index is 11.6. The fraction of sp³-hybridized carbons (Fsp3) is 0.462. The van der Waals surface area contributed by atoms with Crippen LogP contribution in [-0.4, -0.2) is 31.3 Å². The third-order valence-electron chi connectivity index (χ3n) is 2.47. The van der Waals surface area contributed by atoms with Gasteiger partial charge < -0.3 is 15.2 Å². The van der Waals surface area contributed by atoms with Gasteiger partial charge in [-0.2, -0.15) is 0 Å². The maximum Gasteiger partial charge on any atom is 0.253 e. The number of nitrogens with one attached hydrogen (secondary N) is 1. The molecular formula is C13H19NO3. The van der Waals surface area contributed by atoms with Crippen molar-refractivity contribution in [3.05, 3.63) is 35.4 Å². The Kier molecular flexibility index (Phi) is 5.66. The van der Waals surface area contributed by atoms with E-state index in [1.165, 1.54) is 0 Å². The van der Waals surface area contributed by atoms with E-state index in [0.717, 1.165) is 12.0 Å². The molecule has 17 heavy (non-hydrogen) atoms. The predicted octanol–water partition coefficient (Wildman–Crippen LogP) is 1.18. The molecule has 0 radical (unpaired) electrons. The molecule has 0 aromatic heterocycles. The van der Waals surface area contributed by atoms with Gasteiger partial charge in [0.15, 0.2) is 6.10 Å². The molecule has 94 valence electrons. The number of benzene rings is 1. The summed E-state index contributed by atoms with van der Waals surface area (Å²) in [4.78, 5) is 11.6. The largest absolute Gasteiger partial charge is 0.385 e.